The van der Waals surface area contributed by atoms with E-state index in [0.29, 0.717) is 11.3 Å². The second kappa shape index (κ2) is 7.31. The molecule has 0 bridgehead atoms. The molecule has 116 valence electrons. The Labute approximate surface area is 126 Å². The highest BCUT2D eigenvalue weighted by Gasteiger charge is 2.18. The van der Waals surface area contributed by atoms with Crippen LogP contribution >= 0.6 is 0 Å². The van der Waals surface area contributed by atoms with Gasteiger partial charge in [-0.2, -0.15) is 0 Å². The van der Waals surface area contributed by atoms with Crippen molar-refractivity contribution in [2.75, 3.05) is 38.3 Å². The van der Waals surface area contributed by atoms with Gasteiger partial charge in [-0.1, -0.05) is 12.8 Å². The van der Waals surface area contributed by atoms with Gasteiger partial charge in [-0.05, 0) is 38.1 Å². The number of carbonyl (C=O) groups is 1. The van der Waals surface area contributed by atoms with Crippen molar-refractivity contribution in [2.45, 2.75) is 31.7 Å². The molecule has 1 aromatic rings. The highest BCUT2D eigenvalue weighted by Crippen LogP contribution is 2.23. The molecule has 0 radical (unpaired) electrons. The summed E-state index contributed by atoms with van der Waals surface area (Å²) in [4.78, 5) is 13.8. The Hall–Kier alpha value is -1.75. The summed E-state index contributed by atoms with van der Waals surface area (Å²) in [5, 5.41) is 3.33. The lowest BCUT2D eigenvalue weighted by atomic mass is 10.1. The molecule has 0 heterocycles. The van der Waals surface area contributed by atoms with Crippen LogP contribution < -0.4 is 11.1 Å². The van der Waals surface area contributed by atoms with Gasteiger partial charge in [0, 0.05) is 19.1 Å². The maximum Gasteiger partial charge on any atom is 0.337 e. The molecular weight excluding hydrogens is 266 g/mol. The molecule has 1 saturated carbocycles. The summed E-state index contributed by atoms with van der Waals surface area (Å²) < 4.78 is 4.68. The number of carbonyl (C=O) groups excluding carboxylic acids is 1. The zero-order valence-electron chi connectivity index (χ0n) is 12.9. The smallest absolute Gasteiger partial charge is 0.337 e. The quantitative estimate of drug-likeness (QED) is 0.622. The number of hydrogen-bond donors (Lipinski definition) is 2. The molecule has 0 saturated heterocycles. The summed E-state index contributed by atoms with van der Waals surface area (Å²) in [6.45, 7) is 1.83. The van der Waals surface area contributed by atoms with Crippen molar-refractivity contribution in [3.63, 3.8) is 0 Å². The van der Waals surface area contributed by atoms with E-state index in [1.807, 2.05) is 6.07 Å². The maximum atomic E-state index is 11.4. The van der Waals surface area contributed by atoms with Gasteiger partial charge in [0.2, 0.25) is 0 Å². The molecular formula is C16H25N3O2. The second-order valence-corrected chi connectivity index (χ2v) is 5.64. The van der Waals surface area contributed by atoms with E-state index in [9.17, 15) is 4.79 Å². The van der Waals surface area contributed by atoms with E-state index in [1.54, 1.807) is 12.1 Å². The van der Waals surface area contributed by atoms with Gasteiger partial charge in [0.05, 0.1) is 24.0 Å². The van der Waals surface area contributed by atoms with E-state index in [1.165, 1.54) is 32.8 Å². The molecule has 1 fully saturated rings. The Morgan fingerprint density at radius 2 is 2.14 bits per heavy atom. The first-order chi connectivity index (χ1) is 10.1. The van der Waals surface area contributed by atoms with Crippen LogP contribution in [0.3, 0.4) is 0 Å². The molecule has 5 heteroatoms. The average molecular weight is 291 g/mol. The molecule has 0 aromatic heterocycles. The van der Waals surface area contributed by atoms with Crippen molar-refractivity contribution in [1.29, 1.82) is 0 Å². The van der Waals surface area contributed by atoms with E-state index >= 15 is 0 Å². The number of likely N-dealkylation sites (N-methyl/N-ethyl adjacent to an activating group) is 1. The third kappa shape index (κ3) is 4.11. The lowest BCUT2D eigenvalue weighted by molar-refractivity contribution is 0.0601. The Bertz CT molecular complexity index is 484. The lowest BCUT2D eigenvalue weighted by Crippen LogP contribution is -2.33. The van der Waals surface area contributed by atoms with Crippen molar-refractivity contribution in [1.82, 2.24) is 4.90 Å². The second-order valence-electron chi connectivity index (χ2n) is 5.64. The van der Waals surface area contributed by atoms with Gasteiger partial charge < -0.3 is 20.7 Å². The van der Waals surface area contributed by atoms with Crippen LogP contribution in [-0.4, -0.2) is 44.2 Å². The number of nitrogens with two attached hydrogens (primary N) is 1. The molecule has 2 rings (SSSR count). The third-order valence-corrected chi connectivity index (χ3v) is 4.20. The Morgan fingerprint density at radius 1 is 1.43 bits per heavy atom. The maximum absolute atomic E-state index is 11.4. The largest absolute Gasteiger partial charge is 0.465 e. The Kier molecular flexibility index (Phi) is 5.44. The minimum absolute atomic E-state index is 0.366. The molecule has 0 aliphatic heterocycles. The van der Waals surface area contributed by atoms with Crippen molar-refractivity contribution in [3.8, 4) is 0 Å². The monoisotopic (exact) mass is 291 g/mol. The first-order valence-electron chi connectivity index (χ1n) is 7.53. The van der Waals surface area contributed by atoms with Crippen LogP contribution in [-0.2, 0) is 4.74 Å². The average Bonchev–Trinajstić information content (AvgIpc) is 3.02. The first-order valence-corrected chi connectivity index (χ1v) is 7.53. The van der Waals surface area contributed by atoms with Gasteiger partial charge in [-0.25, -0.2) is 4.79 Å². The van der Waals surface area contributed by atoms with Crippen LogP contribution in [0.5, 0.6) is 0 Å². The Balaban J connectivity index is 1.84. The van der Waals surface area contributed by atoms with Crippen LogP contribution in [0.1, 0.15) is 36.0 Å². The van der Waals surface area contributed by atoms with E-state index < -0.39 is 0 Å². The van der Waals surface area contributed by atoms with Crippen molar-refractivity contribution in [2.24, 2.45) is 0 Å². The number of nitrogens with one attached hydrogen (secondary N) is 1. The number of nitrogens with zero attached hydrogens (tertiary/aromatic N) is 1. The summed E-state index contributed by atoms with van der Waals surface area (Å²) in [7, 11) is 3.55. The van der Waals surface area contributed by atoms with E-state index in [-0.39, 0.29) is 5.97 Å². The SMILES string of the molecule is COC(=O)c1ccc(NCCN(C)C2CCCC2)c(N)c1. The summed E-state index contributed by atoms with van der Waals surface area (Å²) in [5.41, 5.74) is 7.88. The minimum Gasteiger partial charge on any atom is -0.465 e. The lowest BCUT2D eigenvalue weighted by Gasteiger charge is -2.24. The fourth-order valence-corrected chi connectivity index (χ4v) is 2.86. The van der Waals surface area contributed by atoms with E-state index in [4.69, 9.17) is 5.73 Å². The molecule has 0 unspecified atom stereocenters. The van der Waals surface area contributed by atoms with Crippen LogP contribution in [0.4, 0.5) is 11.4 Å². The molecule has 5 nitrogen and oxygen atoms in total. The standard InChI is InChI=1S/C16H25N3O2/c1-19(13-5-3-4-6-13)10-9-18-15-8-7-12(11-14(15)17)16(20)21-2/h7-8,11,13,18H,3-6,9-10,17H2,1-2H3. The molecule has 1 aliphatic carbocycles. The summed E-state index contributed by atoms with van der Waals surface area (Å²) in [5.74, 6) is -0.366. The molecule has 1 aliphatic rings. The predicted molar refractivity (Wildman–Crippen MR) is 85.6 cm³/mol. The van der Waals surface area contributed by atoms with Crippen LogP contribution in [0.2, 0.25) is 0 Å². The molecule has 0 spiro atoms. The van der Waals surface area contributed by atoms with Gasteiger partial charge in [0.15, 0.2) is 0 Å². The first kappa shape index (κ1) is 15.6. The fourth-order valence-electron chi connectivity index (χ4n) is 2.86. The van der Waals surface area contributed by atoms with Gasteiger partial charge in [0.25, 0.3) is 0 Å². The van der Waals surface area contributed by atoms with Gasteiger partial charge >= 0.3 is 5.97 Å². The molecule has 3 N–H and O–H groups in total. The predicted octanol–water partition coefficient (Wildman–Crippen LogP) is 2.34. The summed E-state index contributed by atoms with van der Waals surface area (Å²) in [6, 6.07) is 5.93. The van der Waals surface area contributed by atoms with Gasteiger partial charge in [-0.15, -0.1) is 0 Å². The minimum atomic E-state index is -0.366. The molecule has 0 atom stereocenters. The molecule has 1 aromatic carbocycles. The third-order valence-electron chi connectivity index (χ3n) is 4.20. The zero-order valence-corrected chi connectivity index (χ0v) is 12.9. The van der Waals surface area contributed by atoms with Crippen molar-refractivity contribution < 1.29 is 9.53 Å². The highest BCUT2D eigenvalue weighted by molar-refractivity contribution is 5.91. The van der Waals surface area contributed by atoms with E-state index in [0.717, 1.165) is 24.8 Å². The number of anilines is 2. The normalized spacial score (nSPS) is 15.4. The zero-order chi connectivity index (χ0) is 15.2. The topological polar surface area (TPSA) is 67.6 Å². The summed E-state index contributed by atoms with van der Waals surface area (Å²) >= 11 is 0. The number of nitrogen functional groups attached to an aromatic ring is 1. The number of ether oxygens (including phenoxy) is 1. The number of methoxy groups -OCH3 is 1. The van der Waals surface area contributed by atoms with Gasteiger partial charge in [-0.3, -0.25) is 0 Å². The number of esters is 1. The number of rotatable bonds is 6. The molecule has 0 amide bonds. The summed E-state index contributed by atoms with van der Waals surface area (Å²) in [6.07, 6.45) is 5.33. The van der Waals surface area contributed by atoms with Crippen LogP contribution in [0.25, 0.3) is 0 Å². The van der Waals surface area contributed by atoms with Crippen LogP contribution in [0, 0.1) is 0 Å². The van der Waals surface area contributed by atoms with Crippen LogP contribution in [0.15, 0.2) is 18.2 Å². The van der Waals surface area contributed by atoms with Crippen molar-refractivity contribution >= 4 is 17.3 Å². The number of benzene rings is 1. The fraction of sp³-hybridized carbons (Fsp3) is 0.562. The van der Waals surface area contributed by atoms with Gasteiger partial charge in [0.1, 0.15) is 0 Å². The number of hydrogen-bond acceptors (Lipinski definition) is 5. The van der Waals surface area contributed by atoms with E-state index in [2.05, 4.69) is 22.0 Å². The molecule has 21 heavy (non-hydrogen) atoms. The Morgan fingerprint density at radius 3 is 2.76 bits per heavy atom. The van der Waals surface area contributed by atoms with Crippen molar-refractivity contribution in [3.05, 3.63) is 23.8 Å². The highest BCUT2D eigenvalue weighted by atomic mass is 16.5.